The van der Waals surface area contributed by atoms with Crippen LogP contribution in [0.25, 0.3) is 0 Å². The van der Waals surface area contributed by atoms with Gasteiger partial charge >= 0.3 is 0 Å². The van der Waals surface area contributed by atoms with Crippen LogP contribution < -0.4 is 0 Å². The molecule has 7 atom stereocenters. The molecule has 0 aromatic carbocycles. The van der Waals surface area contributed by atoms with E-state index in [-0.39, 0.29) is 17.3 Å². The SMILES string of the molecule is C[C@]12CCC3(C[C@@H]1CC[C@H]1[C@H]2CC[C@]2(C)[C@H](O)CC[C@@H]12)OCCO3. The van der Waals surface area contributed by atoms with Crippen LogP contribution in [-0.4, -0.2) is 30.2 Å². The van der Waals surface area contributed by atoms with Crippen LogP contribution in [-0.2, 0) is 9.47 Å². The summed E-state index contributed by atoms with van der Waals surface area (Å²) >= 11 is 0. The van der Waals surface area contributed by atoms with E-state index in [1.54, 1.807) is 0 Å². The maximum atomic E-state index is 10.6. The molecule has 136 valence electrons. The molecule has 0 aromatic rings. The Morgan fingerprint density at radius 1 is 0.792 bits per heavy atom. The molecule has 1 heterocycles. The Morgan fingerprint density at radius 2 is 1.54 bits per heavy atom. The third kappa shape index (κ3) is 2.01. The number of fused-ring (bicyclic) bond motifs is 5. The van der Waals surface area contributed by atoms with E-state index < -0.39 is 0 Å². The molecule has 24 heavy (non-hydrogen) atoms. The van der Waals surface area contributed by atoms with Crippen LogP contribution in [0.1, 0.15) is 71.6 Å². The molecule has 0 unspecified atom stereocenters. The van der Waals surface area contributed by atoms with Crippen LogP contribution in [0.5, 0.6) is 0 Å². The second-order valence-electron chi connectivity index (χ2n) is 10.1. The van der Waals surface area contributed by atoms with E-state index in [9.17, 15) is 5.11 Å². The lowest BCUT2D eigenvalue weighted by Gasteiger charge is -2.61. The summed E-state index contributed by atoms with van der Waals surface area (Å²) in [5, 5.41) is 10.6. The van der Waals surface area contributed by atoms with Gasteiger partial charge in [-0.25, -0.2) is 0 Å². The lowest BCUT2D eigenvalue weighted by Crippen LogP contribution is -2.56. The van der Waals surface area contributed by atoms with Crippen molar-refractivity contribution in [1.82, 2.24) is 0 Å². The molecule has 3 nitrogen and oxygen atoms in total. The van der Waals surface area contributed by atoms with Crippen molar-refractivity contribution in [2.24, 2.45) is 34.5 Å². The zero-order valence-electron chi connectivity index (χ0n) is 15.4. The number of rotatable bonds is 0. The number of aliphatic hydroxyl groups excluding tert-OH is 1. The van der Waals surface area contributed by atoms with Gasteiger partial charge in [-0.2, -0.15) is 0 Å². The van der Waals surface area contributed by atoms with E-state index in [1.807, 2.05) is 0 Å². The molecule has 1 N–H and O–H groups in total. The number of hydrogen-bond donors (Lipinski definition) is 1. The summed E-state index contributed by atoms with van der Waals surface area (Å²) < 4.78 is 12.1. The van der Waals surface area contributed by atoms with Crippen LogP contribution >= 0.6 is 0 Å². The van der Waals surface area contributed by atoms with Gasteiger partial charge in [0.05, 0.1) is 19.3 Å². The highest BCUT2D eigenvalue weighted by Gasteiger charge is 2.61. The third-order valence-corrected chi connectivity index (χ3v) is 9.43. The van der Waals surface area contributed by atoms with Crippen molar-refractivity contribution in [2.75, 3.05) is 13.2 Å². The fourth-order valence-electron chi connectivity index (χ4n) is 7.93. The van der Waals surface area contributed by atoms with Gasteiger partial charge in [0.15, 0.2) is 5.79 Å². The summed E-state index contributed by atoms with van der Waals surface area (Å²) in [4.78, 5) is 0. The van der Waals surface area contributed by atoms with Gasteiger partial charge in [0.25, 0.3) is 0 Å². The Labute approximate surface area is 146 Å². The third-order valence-electron chi connectivity index (χ3n) is 9.43. The van der Waals surface area contributed by atoms with Crippen molar-refractivity contribution in [3.63, 3.8) is 0 Å². The Balaban J connectivity index is 1.41. The molecule has 5 aliphatic rings. The van der Waals surface area contributed by atoms with E-state index in [4.69, 9.17) is 9.47 Å². The molecule has 0 bridgehead atoms. The van der Waals surface area contributed by atoms with Crippen LogP contribution in [0, 0.1) is 34.5 Å². The van der Waals surface area contributed by atoms with Crippen molar-refractivity contribution in [2.45, 2.75) is 83.5 Å². The van der Waals surface area contributed by atoms with Gasteiger partial charge in [-0.05, 0) is 79.4 Å². The van der Waals surface area contributed by atoms with Gasteiger partial charge in [0.1, 0.15) is 0 Å². The Morgan fingerprint density at radius 3 is 2.33 bits per heavy atom. The zero-order valence-corrected chi connectivity index (χ0v) is 15.4. The van der Waals surface area contributed by atoms with Crippen LogP contribution in [0.3, 0.4) is 0 Å². The molecular weight excluding hydrogens is 300 g/mol. The standard InChI is InChI=1S/C21H34O3/c1-19-9-10-21(23-11-12-24-21)13-14(19)3-4-15-16-5-6-18(22)20(16,2)8-7-17(15)19/h14-18,22H,3-13H2,1-2H3/t14-,15+,16-,17+,18+,19-,20-/m0/s1. The summed E-state index contributed by atoms with van der Waals surface area (Å²) in [5.74, 6) is 3.00. The monoisotopic (exact) mass is 334 g/mol. The predicted octanol–water partition coefficient (Wildman–Crippen LogP) is 4.13. The van der Waals surface area contributed by atoms with Gasteiger partial charge < -0.3 is 14.6 Å². The van der Waals surface area contributed by atoms with Crippen molar-refractivity contribution in [3.05, 3.63) is 0 Å². The van der Waals surface area contributed by atoms with Crippen LogP contribution in [0.15, 0.2) is 0 Å². The summed E-state index contributed by atoms with van der Waals surface area (Å²) in [6.45, 7) is 6.54. The van der Waals surface area contributed by atoms with Gasteiger partial charge in [0.2, 0.25) is 0 Å². The molecule has 5 fully saturated rings. The second-order valence-corrected chi connectivity index (χ2v) is 10.1. The molecule has 0 amide bonds. The van der Waals surface area contributed by atoms with Gasteiger partial charge in [-0.15, -0.1) is 0 Å². The Bertz CT molecular complexity index is 513. The van der Waals surface area contributed by atoms with E-state index in [2.05, 4.69) is 13.8 Å². The van der Waals surface area contributed by atoms with Crippen molar-refractivity contribution < 1.29 is 14.6 Å². The first-order valence-corrected chi connectivity index (χ1v) is 10.4. The Hall–Kier alpha value is -0.120. The number of aliphatic hydroxyl groups is 1. The fraction of sp³-hybridized carbons (Fsp3) is 1.00. The van der Waals surface area contributed by atoms with E-state index in [0.29, 0.717) is 5.41 Å². The average Bonchev–Trinajstić information content (AvgIpc) is 3.14. The fourth-order valence-corrected chi connectivity index (χ4v) is 7.93. The summed E-state index contributed by atoms with van der Waals surface area (Å²) in [5.41, 5.74) is 0.677. The highest BCUT2D eigenvalue weighted by atomic mass is 16.7. The van der Waals surface area contributed by atoms with Gasteiger partial charge in [-0.1, -0.05) is 13.8 Å². The van der Waals surface area contributed by atoms with Crippen LogP contribution in [0.4, 0.5) is 0 Å². The summed E-state index contributed by atoms with van der Waals surface area (Å²) in [7, 11) is 0. The van der Waals surface area contributed by atoms with E-state index in [0.717, 1.165) is 56.1 Å². The maximum Gasteiger partial charge on any atom is 0.168 e. The van der Waals surface area contributed by atoms with Crippen molar-refractivity contribution in [1.29, 1.82) is 0 Å². The second kappa shape index (κ2) is 5.20. The van der Waals surface area contributed by atoms with Crippen molar-refractivity contribution in [3.8, 4) is 0 Å². The molecule has 1 aliphatic heterocycles. The molecule has 1 spiro atoms. The smallest absolute Gasteiger partial charge is 0.168 e. The first kappa shape index (κ1) is 16.1. The minimum absolute atomic E-state index is 0.0520. The van der Waals surface area contributed by atoms with E-state index >= 15 is 0 Å². The molecule has 1 saturated heterocycles. The first-order valence-electron chi connectivity index (χ1n) is 10.4. The quantitative estimate of drug-likeness (QED) is 0.724. The molecule has 4 saturated carbocycles. The largest absolute Gasteiger partial charge is 0.393 e. The molecule has 3 heteroatoms. The lowest BCUT2D eigenvalue weighted by atomic mass is 9.45. The maximum absolute atomic E-state index is 10.6. The number of hydrogen-bond acceptors (Lipinski definition) is 3. The highest BCUT2D eigenvalue weighted by Crippen LogP contribution is 2.67. The summed E-state index contributed by atoms with van der Waals surface area (Å²) in [6, 6.07) is 0. The number of ether oxygens (including phenoxy) is 2. The lowest BCUT2D eigenvalue weighted by molar-refractivity contribution is -0.230. The minimum atomic E-state index is -0.232. The summed E-state index contributed by atoms with van der Waals surface area (Å²) in [6.07, 6.45) is 11.0. The zero-order chi connectivity index (χ0) is 16.6. The molecule has 5 rings (SSSR count). The highest BCUT2D eigenvalue weighted by molar-refractivity contribution is 5.10. The normalized spacial score (nSPS) is 55.9. The molecule has 0 radical (unpaired) electrons. The van der Waals surface area contributed by atoms with Crippen molar-refractivity contribution >= 4 is 0 Å². The minimum Gasteiger partial charge on any atom is -0.393 e. The molecular formula is C21H34O3. The molecule has 4 aliphatic carbocycles. The Kier molecular flexibility index (Phi) is 3.49. The van der Waals surface area contributed by atoms with Crippen LogP contribution in [0.2, 0.25) is 0 Å². The average molecular weight is 335 g/mol. The molecule has 0 aromatic heterocycles. The first-order chi connectivity index (χ1) is 11.5. The topological polar surface area (TPSA) is 38.7 Å². The van der Waals surface area contributed by atoms with E-state index in [1.165, 1.54) is 38.5 Å². The van der Waals surface area contributed by atoms with Gasteiger partial charge in [0, 0.05) is 12.8 Å². The van der Waals surface area contributed by atoms with Gasteiger partial charge in [-0.3, -0.25) is 0 Å². The predicted molar refractivity (Wildman–Crippen MR) is 92.4 cm³/mol.